The highest BCUT2D eigenvalue weighted by molar-refractivity contribution is 8.04. The van der Waals surface area contributed by atoms with Crippen molar-refractivity contribution in [2.45, 2.75) is 38.5 Å². The van der Waals surface area contributed by atoms with Gasteiger partial charge in [0.05, 0.1) is 19.7 Å². The predicted octanol–water partition coefficient (Wildman–Crippen LogP) is -0.402. The lowest BCUT2D eigenvalue weighted by Crippen LogP contribution is -3.11. The smallest absolute Gasteiger partial charge is 0.339 e. The van der Waals surface area contributed by atoms with E-state index in [1.54, 1.807) is 11.8 Å². The van der Waals surface area contributed by atoms with Gasteiger partial charge in [-0.3, -0.25) is 4.21 Å². The number of nitrogens with zero attached hydrogens (tertiary/aromatic N) is 1. The van der Waals surface area contributed by atoms with Gasteiger partial charge in [0.15, 0.2) is 5.37 Å². The molecule has 2 heterocycles. The number of piperidine rings is 1. The van der Waals surface area contributed by atoms with Crippen LogP contribution in [0, 0.1) is 6.20 Å². The molecular formula is C14H24N2O3S. The van der Waals surface area contributed by atoms with Gasteiger partial charge in [0.1, 0.15) is 0 Å². The van der Waals surface area contributed by atoms with E-state index < -0.39 is 20.9 Å². The molecule has 114 valence electrons. The Kier molecular flexibility index (Phi) is 4.75. The van der Waals surface area contributed by atoms with Crippen LogP contribution in [-0.4, -0.2) is 52.6 Å². The number of esters is 1. The number of ether oxygens (including phenoxy) is 1. The quantitative estimate of drug-likeness (QED) is 0.436. The second-order valence-corrected chi connectivity index (χ2v) is 7.53. The van der Waals surface area contributed by atoms with Crippen LogP contribution in [0.1, 0.15) is 33.1 Å². The van der Waals surface area contributed by atoms with E-state index in [4.69, 9.17) is 4.74 Å². The maximum absolute atomic E-state index is 13.1. The maximum atomic E-state index is 13.1. The summed E-state index contributed by atoms with van der Waals surface area (Å²) in [6.45, 7) is 6.43. The van der Waals surface area contributed by atoms with E-state index >= 15 is 0 Å². The molecule has 2 rings (SSSR count). The average Bonchev–Trinajstić information content (AvgIpc) is 2.71. The standard InChI is InChI=1S/C14H23N2O3S/c1-4-15-11-12(16-9-7-6-8-10-16)20(3,18)13(15)14(17)19-5-2/h13H,3-10H2,1-2H3/q-1/p+1. The first-order valence-corrected chi connectivity index (χ1v) is 9.09. The van der Waals surface area contributed by atoms with Gasteiger partial charge in [0.25, 0.3) is 0 Å². The van der Waals surface area contributed by atoms with Crippen molar-refractivity contribution >= 4 is 21.4 Å². The fourth-order valence-electron chi connectivity index (χ4n) is 2.85. The molecule has 0 radical (unpaired) electrons. The van der Waals surface area contributed by atoms with Crippen LogP contribution in [0.25, 0.3) is 0 Å². The van der Waals surface area contributed by atoms with Crippen LogP contribution in [0.15, 0.2) is 5.03 Å². The van der Waals surface area contributed by atoms with Gasteiger partial charge in [0, 0.05) is 14.6 Å². The van der Waals surface area contributed by atoms with Crippen LogP contribution in [0.4, 0.5) is 0 Å². The molecule has 2 unspecified atom stereocenters. The van der Waals surface area contributed by atoms with E-state index in [-0.39, 0.29) is 6.61 Å². The molecule has 1 N–H and O–H groups in total. The van der Waals surface area contributed by atoms with Crippen molar-refractivity contribution in [1.82, 2.24) is 4.90 Å². The fraction of sp³-hybridized carbons (Fsp3) is 0.714. The first-order valence-electron chi connectivity index (χ1n) is 7.30. The molecule has 20 heavy (non-hydrogen) atoms. The van der Waals surface area contributed by atoms with Crippen molar-refractivity contribution in [2.24, 2.45) is 0 Å². The largest absolute Gasteiger partial charge is 0.527 e. The van der Waals surface area contributed by atoms with Crippen molar-refractivity contribution in [3.63, 3.8) is 0 Å². The van der Waals surface area contributed by atoms with Crippen LogP contribution >= 0.6 is 0 Å². The zero-order valence-corrected chi connectivity index (χ0v) is 13.1. The Labute approximate surface area is 121 Å². The third kappa shape index (κ3) is 2.72. The van der Waals surface area contributed by atoms with E-state index in [0.29, 0.717) is 11.6 Å². The van der Waals surface area contributed by atoms with Crippen molar-refractivity contribution in [1.29, 1.82) is 0 Å². The Hall–Kier alpha value is -1.01. The molecule has 1 fully saturated rings. The number of likely N-dealkylation sites (tertiary alicyclic amines) is 1. The minimum absolute atomic E-state index is 0.286. The first kappa shape index (κ1) is 15.4. The normalized spacial score (nSPS) is 31.2. The van der Waals surface area contributed by atoms with E-state index in [1.807, 2.05) is 6.92 Å². The number of quaternary nitrogens is 1. The van der Waals surface area contributed by atoms with Gasteiger partial charge in [-0.2, -0.15) is 0 Å². The maximum Gasteiger partial charge on any atom is 0.339 e. The molecule has 0 bridgehead atoms. The Bertz CT molecular complexity index is 493. The van der Waals surface area contributed by atoms with E-state index in [9.17, 15) is 9.00 Å². The third-order valence-corrected chi connectivity index (χ3v) is 6.08. The Morgan fingerprint density at radius 2 is 2.10 bits per heavy atom. The SMILES string of the molecule is C=S1(=O)C([NH+]2CCCCC2)=[C-]N(CC)C1C(=O)OCC. The molecule has 2 aliphatic heterocycles. The summed E-state index contributed by atoms with van der Waals surface area (Å²) >= 11 is 0. The Balaban J connectivity index is 2.28. The third-order valence-electron chi connectivity index (χ3n) is 3.84. The van der Waals surface area contributed by atoms with Crippen LogP contribution in [0.5, 0.6) is 0 Å². The number of carbonyl (C=O) groups is 1. The number of likely N-dealkylation sites (N-methyl/N-ethyl adjacent to an activating group) is 1. The lowest BCUT2D eigenvalue weighted by atomic mass is 10.1. The van der Waals surface area contributed by atoms with Crippen LogP contribution in [0.2, 0.25) is 0 Å². The van der Waals surface area contributed by atoms with Gasteiger partial charge in [-0.15, -0.1) is 0 Å². The van der Waals surface area contributed by atoms with Crippen LogP contribution in [-0.2, 0) is 19.1 Å². The van der Waals surface area contributed by atoms with Crippen molar-refractivity contribution in [3.8, 4) is 0 Å². The highest BCUT2D eigenvalue weighted by Gasteiger charge is 2.38. The average molecular weight is 300 g/mol. The number of carbonyl (C=O) groups excluding carboxylic acids is 1. The second-order valence-electron chi connectivity index (χ2n) is 5.22. The van der Waals surface area contributed by atoms with Gasteiger partial charge < -0.3 is 20.7 Å². The number of hydrogen-bond acceptors (Lipinski definition) is 4. The summed E-state index contributed by atoms with van der Waals surface area (Å²) in [5.41, 5.74) is 0. The summed E-state index contributed by atoms with van der Waals surface area (Å²) in [4.78, 5) is 15.0. The Morgan fingerprint density at radius 1 is 1.45 bits per heavy atom. The fourth-order valence-corrected chi connectivity index (χ4v) is 5.03. The summed E-state index contributed by atoms with van der Waals surface area (Å²) < 4.78 is 18.1. The molecule has 0 aliphatic carbocycles. The van der Waals surface area contributed by atoms with Crippen molar-refractivity contribution in [2.75, 3.05) is 26.2 Å². The van der Waals surface area contributed by atoms with Crippen LogP contribution < -0.4 is 4.90 Å². The summed E-state index contributed by atoms with van der Waals surface area (Å²) in [6.07, 6.45) is 6.61. The minimum Gasteiger partial charge on any atom is -0.527 e. The summed E-state index contributed by atoms with van der Waals surface area (Å²) in [7, 11) is -2.69. The zero-order valence-electron chi connectivity index (χ0n) is 12.3. The lowest BCUT2D eigenvalue weighted by Gasteiger charge is -2.31. The molecule has 0 spiro atoms. The second kappa shape index (κ2) is 6.18. The number of hydrogen-bond donors (Lipinski definition) is 1. The molecule has 0 aromatic carbocycles. The molecule has 5 nitrogen and oxygen atoms in total. The molecule has 0 aromatic heterocycles. The highest BCUT2D eigenvalue weighted by Crippen LogP contribution is 2.23. The van der Waals surface area contributed by atoms with Gasteiger partial charge in [-0.25, -0.2) is 4.79 Å². The van der Waals surface area contributed by atoms with E-state index in [2.05, 4.69) is 12.1 Å². The molecule has 0 amide bonds. The van der Waals surface area contributed by atoms with Crippen LogP contribution in [0.3, 0.4) is 0 Å². The summed E-state index contributed by atoms with van der Waals surface area (Å²) in [6, 6.07) is 0. The van der Waals surface area contributed by atoms with E-state index in [1.165, 1.54) is 11.3 Å². The predicted molar refractivity (Wildman–Crippen MR) is 79.4 cm³/mol. The lowest BCUT2D eigenvalue weighted by molar-refractivity contribution is -0.858. The molecule has 0 aromatic rings. The van der Waals surface area contributed by atoms with Crippen molar-refractivity contribution in [3.05, 3.63) is 11.2 Å². The number of nitrogens with one attached hydrogen (secondary N) is 1. The topological polar surface area (TPSA) is 51.0 Å². The molecule has 1 saturated heterocycles. The number of rotatable bonds is 4. The van der Waals surface area contributed by atoms with Gasteiger partial charge in [0.2, 0.25) is 0 Å². The van der Waals surface area contributed by atoms with Gasteiger partial charge in [-0.1, -0.05) is 6.92 Å². The molecule has 2 aliphatic rings. The highest BCUT2D eigenvalue weighted by atomic mass is 32.2. The molecular weight excluding hydrogens is 276 g/mol. The molecule has 0 saturated carbocycles. The molecule has 6 heteroatoms. The molecule has 2 atom stereocenters. The first-order chi connectivity index (χ1) is 9.52. The van der Waals surface area contributed by atoms with Crippen molar-refractivity contribution < 1.29 is 18.6 Å². The van der Waals surface area contributed by atoms with Gasteiger partial charge in [-0.05, 0) is 38.6 Å². The summed E-state index contributed by atoms with van der Waals surface area (Å²) in [5.74, 6) is 3.42. The zero-order chi connectivity index (χ0) is 14.8. The monoisotopic (exact) mass is 300 g/mol. The van der Waals surface area contributed by atoms with E-state index in [0.717, 1.165) is 25.9 Å². The van der Waals surface area contributed by atoms with Gasteiger partial charge >= 0.3 is 5.97 Å². The summed E-state index contributed by atoms with van der Waals surface area (Å²) in [5, 5.41) is -0.131. The minimum atomic E-state index is -2.69. The Morgan fingerprint density at radius 3 is 2.65 bits per heavy atom.